The third-order valence-electron chi connectivity index (χ3n) is 1.06. The van der Waals surface area contributed by atoms with Crippen LogP contribution in [-0.4, -0.2) is 0 Å². The van der Waals surface area contributed by atoms with Crippen molar-refractivity contribution in [3.05, 3.63) is 38.9 Å². The largest absolute Gasteiger partial charge is 0.206 e. The topological polar surface area (TPSA) is 48.8 Å². The third kappa shape index (κ3) is 1.93. The summed E-state index contributed by atoms with van der Waals surface area (Å²) in [4.78, 5) is 2.52. The lowest BCUT2D eigenvalue weighted by Gasteiger charge is -1.93. The molecule has 0 heterocycles. The maximum Gasteiger partial charge on any atom is 0.137 e. The van der Waals surface area contributed by atoms with Gasteiger partial charge in [0.05, 0.1) is 4.47 Å². The molecule has 0 aliphatic heterocycles. The minimum absolute atomic E-state index is 0.271. The van der Waals surface area contributed by atoms with E-state index in [9.17, 15) is 4.39 Å². The van der Waals surface area contributed by atoms with Crippen LogP contribution in [0.1, 0.15) is 0 Å². The van der Waals surface area contributed by atoms with Crippen molar-refractivity contribution < 1.29 is 4.39 Å². The van der Waals surface area contributed by atoms with E-state index in [1.165, 1.54) is 12.1 Å². The number of azide groups is 1. The highest BCUT2D eigenvalue weighted by Gasteiger charge is 1.97. The van der Waals surface area contributed by atoms with Crippen LogP contribution in [0.15, 0.2) is 27.8 Å². The van der Waals surface area contributed by atoms with Gasteiger partial charge in [0, 0.05) is 10.6 Å². The van der Waals surface area contributed by atoms with E-state index in [0.29, 0.717) is 4.47 Å². The first-order valence-corrected chi connectivity index (χ1v) is 3.53. The molecule has 3 nitrogen and oxygen atoms in total. The van der Waals surface area contributed by atoms with Crippen LogP contribution in [-0.2, 0) is 0 Å². The van der Waals surface area contributed by atoms with Crippen LogP contribution >= 0.6 is 15.9 Å². The molecule has 11 heavy (non-hydrogen) atoms. The molecule has 0 unspecified atom stereocenters. The second kappa shape index (κ2) is 3.37. The van der Waals surface area contributed by atoms with Crippen molar-refractivity contribution in [2.45, 2.75) is 0 Å². The number of nitrogens with zero attached hydrogens (tertiary/aromatic N) is 3. The van der Waals surface area contributed by atoms with Gasteiger partial charge in [0.25, 0.3) is 0 Å². The molecule has 56 valence electrons. The van der Waals surface area contributed by atoms with Crippen molar-refractivity contribution in [1.82, 2.24) is 0 Å². The standard InChI is InChI=1S/C6H3BrFN3/c7-5-2-1-4(10-11-9)3-6(5)8/h1-3H. The van der Waals surface area contributed by atoms with Gasteiger partial charge in [0.15, 0.2) is 0 Å². The Morgan fingerprint density at radius 1 is 1.55 bits per heavy atom. The van der Waals surface area contributed by atoms with Crippen LogP contribution in [0, 0.1) is 5.82 Å². The number of rotatable bonds is 1. The molecule has 0 saturated heterocycles. The summed E-state index contributed by atoms with van der Waals surface area (Å²) in [5.41, 5.74) is 8.28. The first-order valence-electron chi connectivity index (χ1n) is 2.74. The summed E-state index contributed by atoms with van der Waals surface area (Å²) in [6, 6.07) is 4.16. The van der Waals surface area contributed by atoms with Crippen molar-refractivity contribution in [2.24, 2.45) is 5.11 Å². The summed E-state index contributed by atoms with van der Waals surface area (Å²) >= 11 is 2.97. The van der Waals surface area contributed by atoms with Gasteiger partial charge in [0.1, 0.15) is 5.82 Å². The van der Waals surface area contributed by atoms with Crippen molar-refractivity contribution in [1.29, 1.82) is 0 Å². The summed E-state index contributed by atoms with van der Waals surface area (Å²) < 4.78 is 13.0. The highest BCUT2D eigenvalue weighted by molar-refractivity contribution is 9.10. The van der Waals surface area contributed by atoms with Crippen molar-refractivity contribution in [3.63, 3.8) is 0 Å². The van der Waals surface area contributed by atoms with Gasteiger partial charge in [-0.15, -0.1) is 0 Å². The molecule has 0 saturated carbocycles. The Balaban J connectivity index is 3.14. The van der Waals surface area contributed by atoms with E-state index in [4.69, 9.17) is 5.53 Å². The van der Waals surface area contributed by atoms with Crippen molar-refractivity contribution in [2.75, 3.05) is 0 Å². The number of hydrogen-bond donors (Lipinski definition) is 0. The number of halogens is 2. The average molecular weight is 216 g/mol. The normalized spacial score (nSPS) is 8.91. The van der Waals surface area contributed by atoms with Crippen molar-refractivity contribution in [3.8, 4) is 0 Å². The molecule has 1 aromatic carbocycles. The molecular weight excluding hydrogens is 213 g/mol. The maximum atomic E-state index is 12.7. The summed E-state index contributed by atoms with van der Waals surface area (Å²) in [6.07, 6.45) is 0. The first kappa shape index (κ1) is 8.04. The molecule has 1 rings (SSSR count). The predicted molar refractivity (Wildman–Crippen MR) is 42.9 cm³/mol. The molecule has 0 aromatic heterocycles. The highest BCUT2D eigenvalue weighted by Crippen LogP contribution is 2.20. The van der Waals surface area contributed by atoms with Crippen LogP contribution in [0.2, 0.25) is 0 Å². The van der Waals surface area contributed by atoms with Gasteiger partial charge in [-0.05, 0) is 33.6 Å². The van der Waals surface area contributed by atoms with E-state index in [0.717, 1.165) is 6.07 Å². The Labute approximate surface area is 70.6 Å². The van der Waals surface area contributed by atoms with Crippen LogP contribution in [0.5, 0.6) is 0 Å². The van der Waals surface area contributed by atoms with Gasteiger partial charge in [-0.25, -0.2) is 4.39 Å². The minimum Gasteiger partial charge on any atom is -0.206 e. The van der Waals surface area contributed by atoms with E-state index in [-0.39, 0.29) is 5.69 Å². The molecule has 0 spiro atoms. The summed E-state index contributed by atoms with van der Waals surface area (Å²) in [5.74, 6) is -0.435. The van der Waals surface area contributed by atoms with Gasteiger partial charge >= 0.3 is 0 Å². The molecule has 0 aliphatic rings. The monoisotopic (exact) mass is 215 g/mol. The minimum atomic E-state index is -0.435. The molecule has 5 heteroatoms. The zero-order valence-corrected chi connectivity index (χ0v) is 6.92. The first-order chi connectivity index (χ1) is 5.24. The van der Waals surface area contributed by atoms with Crippen LogP contribution < -0.4 is 0 Å². The lowest BCUT2D eigenvalue weighted by molar-refractivity contribution is 0.621. The predicted octanol–water partition coefficient (Wildman–Crippen LogP) is 3.53. The van der Waals surface area contributed by atoms with E-state index >= 15 is 0 Å². The number of hydrogen-bond acceptors (Lipinski definition) is 1. The fraction of sp³-hybridized carbons (Fsp3) is 0. The molecule has 0 amide bonds. The zero-order chi connectivity index (χ0) is 8.27. The summed E-state index contributed by atoms with van der Waals surface area (Å²) in [7, 11) is 0. The molecule has 0 radical (unpaired) electrons. The Bertz CT molecular complexity index is 320. The molecule has 0 fully saturated rings. The molecule has 0 bridgehead atoms. The van der Waals surface area contributed by atoms with E-state index in [1.807, 2.05) is 0 Å². The number of benzene rings is 1. The smallest absolute Gasteiger partial charge is 0.137 e. The fourth-order valence-corrected chi connectivity index (χ4v) is 0.846. The average Bonchev–Trinajstić information content (AvgIpc) is 1.98. The van der Waals surface area contributed by atoms with E-state index in [1.54, 1.807) is 0 Å². The third-order valence-corrected chi connectivity index (χ3v) is 1.71. The van der Waals surface area contributed by atoms with E-state index in [2.05, 4.69) is 26.0 Å². The van der Waals surface area contributed by atoms with Crippen LogP contribution in [0.3, 0.4) is 0 Å². The van der Waals surface area contributed by atoms with E-state index < -0.39 is 5.82 Å². The SMILES string of the molecule is [N-]=[N+]=Nc1ccc(Br)c(F)c1. The van der Waals surface area contributed by atoms with Gasteiger partial charge < -0.3 is 0 Å². The quantitative estimate of drug-likeness (QED) is 0.391. The lowest BCUT2D eigenvalue weighted by atomic mass is 10.3. The van der Waals surface area contributed by atoms with Gasteiger partial charge in [0.2, 0.25) is 0 Å². The van der Waals surface area contributed by atoms with Crippen molar-refractivity contribution >= 4 is 21.6 Å². The Morgan fingerprint density at radius 3 is 2.82 bits per heavy atom. The second-order valence-electron chi connectivity index (χ2n) is 1.79. The Kier molecular flexibility index (Phi) is 2.46. The lowest BCUT2D eigenvalue weighted by Crippen LogP contribution is -1.73. The highest BCUT2D eigenvalue weighted by atomic mass is 79.9. The van der Waals surface area contributed by atoms with Crippen LogP contribution in [0.25, 0.3) is 10.4 Å². The molecule has 0 N–H and O–H groups in total. The zero-order valence-electron chi connectivity index (χ0n) is 5.33. The van der Waals surface area contributed by atoms with Crippen LogP contribution in [0.4, 0.5) is 10.1 Å². The molecule has 1 aromatic rings. The Morgan fingerprint density at radius 2 is 2.27 bits per heavy atom. The Hall–Kier alpha value is -1.06. The molecule has 0 aliphatic carbocycles. The molecular formula is C6H3BrFN3. The van der Waals surface area contributed by atoms with Gasteiger partial charge in [-0.1, -0.05) is 11.2 Å². The van der Waals surface area contributed by atoms with Gasteiger partial charge in [-0.3, -0.25) is 0 Å². The summed E-state index contributed by atoms with van der Waals surface area (Å²) in [5, 5.41) is 3.23. The maximum absolute atomic E-state index is 12.7. The summed E-state index contributed by atoms with van der Waals surface area (Å²) in [6.45, 7) is 0. The second-order valence-corrected chi connectivity index (χ2v) is 2.64. The van der Waals surface area contributed by atoms with Gasteiger partial charge in [-0.2, -0.15) is 0 Å². The fourth-order valence-electron chi connectivity index (χ4n) is 0.599. The molecule has 0 atom stereocenters.